The summed E-state index contributed by atoms with van der Waals surface area (Å²) in [7, 11) is 0. The van der Waals surface area contributed by atoms with Gasteiger partial charge in [0.05, 0.1) is 5.71 Å². The van der Waals surface area contributed by atoms with E-state index in [-0.39, 0.29) is 0 Å². The van der Waals surface area contributed by atoms with Crippen LogP contribution in [0.25, 0.3) is 0 Å². The zero-order chi connectivity index (χ0) is 13.9. The molecule has 1 aliphatic carbocycles. The highest BCUT2D eigenvalue weighted by Crippen LogP contribution is 2.41. The molecule has 4 heteroatoms. The van der Waals surface area contributed by atoms with Gasteiger partial charge < -0.3 is 0 Å². The molecule has 0 radical (unpaired) electrons. The Hall–Kier alpha value is -1.71. The van der Waals surface area contributed by atoms with Gasteiger partial charge in [0.1, 0.15) is 12.7 Å². The number of rotatable bonds is 3. The molecule has 1 aliphatic rings. The Morgan fingerprint density at radius 3 is 2.74 bits per heavy atom. The lowest BCUT2D eigenvalue weighted by Gasteiger charge is -2.36. The summed E-state index contributed by atoms with van der Waals surface area (Å²) in [4.78, 5) is 0. The fourth-order valence-electron chi connectivity index (χ4n) is 2.68. The number of aromatic nitrogens is 3. The van der Waals surface area contributed by atoms with E-state index in [2.05, 4.69) is 54.3 Å². The maximum atomic E-state index is 4.38. The monoisotopic (exact) mass is 258 g/mol. The van der Waals surface area contributed by atoms with Gasteiger partial charge in [0.15, 0.2) is 0 Å². The van der Waals surface area contributed by atoms with E-state index in [1.165, 1.54) is 18.4 Å². The molecule has 0 spiro atoms. The highest BCUT2D eigenvalue weighted by atomic mass is 15.4. The lowest BCUT2D eigenvalue weighted by atomic mass is 9.68. The zero-order valence-electron chi connectivity index (χ0n) is 12.2. The summed E-state index contributed by atoms with van der Waals surface area (Å²) in [6.45, 7) is 8.89. The van der Waals surface area contributed by atoms with Crippen molar-refractivity contribution in [1.82, 2.24) is 14.9 Å². The van der Waals surface area contributed by atoms with Gasteiger partial charge in [0.25, 0.3) is 0 Å². The molecule has 2 rings (SSSR count). The van der Waals surface area contributed by atoms with Crippen LogP contribution in [0.1, 0.15) is 40.5 Å². The molecule has 0 saturated carbocycles. The van der Waals surface area contributed by atoms with Gasteiger partial charge in [-0.15, -0.1) is 10.2 Å². The maximum absolute atomic E-state index is 4.38. The van der Waals surface area contributed by atoms with Crippen LogP contribution in [0.2, 0.25) is 0 Å². The van der Waals surface area contributed by atoms with E-state index in [9.17, 15) is 0 Å². The molecule has 0 bridgehead atoms. The van der Waals surface area contributed by atoms with E-state index in [1.807, 2.05) is 6.92 Å². The first-order valence-electron chi connectivity index (χ1n) is 6.74. The molecular formula is C15H22N4. The summed E-state index contributed by atoms with van der Waals surface area (Å²) in [6.07, 6.45) is 12.3. The molecule has 19 heavy (non-hydrogen) atoms. The quantitative estimate of drug-likeness (QED) is 0.615. The molecule has 1 aromatic heterocycles. The lowest BCUT2D eigenvalue weighted by Crippen LogP contribution is -2.26. The minimum atomic E-state index is 0.326. The molecule has 1 aromatic rings. The number of hydrogen-bond donors (Lipinski definition) is 0. The van der Waals surface area contributed by atoms with E-state index in [0.717, 1.165) is 5.71 Å². The number of allylic oxidation sites excluding steroid dienone is 4. The normalized spacial score (nSPS) is 23.7. The Kier molecular flexibility index (Phi) is 3.98. The summed E-state index contributed by atoms with van der Waals surface area (Å²) < 4.78 is 1.62. The standard InChI is InChI=1S/C15H22N4/c1-12-6-5-9-15(3,4)14(12)8-7-13(2)18-19-10-16-17-11-19/h6-8,10-11,14H,5,9H2,1-4H3/b8-7+,18-13+. The van der Waals surface area contributed by atoms with Crippen LogP contribution in [-0.2, 0) is 0 Å². The van der Waals surface area contributed by atoms with Gasteiger partial charge in [-0.1, -0.05) is 31.6 Å². The molecule has 4 nitrogen and oxygen atoms in total. The van der Waals surface area contributed by atoms with Gasteiger partial charge in [0.2, 0.25) is 0 Å². The smallest absolute Gasteiger partial charge is 0.141 e. The lowest BCUT2D eigenvalue weighted by molar-refractivity contribution is 0.255. The van der Waals surface area contributed by atoms with E-state index >= 15 is 0 Å². The first-order chi connectivity index (χ1) is 8.99. The van der Waals surface area contributed by atoms with E-state index in [4.69, 9.17) is 0 Å². The Morgan fingerprint density at radius 2 is 2.11 bits per heavy atom. The zero-order valence-corrected chi connectivity index (χ0v) is 12.2. The van der Waals surface area contributed by atoms with Crippen LogP contribution in [0.5, 0.6) is 0 Å². The van der Waals surface area contributed by atoms with Crippen molar-refractivity contribution in [3.05, 3.63) is 36.5 Å². The van der Waals surface area contributed by atoms with Crippen LogP contribution < -0.4 is 0 Å². The third-order valence-electron chi connectivity index (χ3n) is 3.80. The topological polar surface area (TPSA) is 43.1 Å². The summed E-state index contributed by atoms with van der Waals surface area (Å²) in [5, 5.41) is 11.8. The van der Waals surface area contributed by atoms with E-state index in [0.29, 0.717) is 11.3 Å². The van der Waals surface area contributed by atoms with Gasteiger partial charge in [0, 0.05) is 5.92 Å². The number of nitrogens with zero attached hydrogens (tertiary/aromatic N) is 4. The fourth-order valence-corrected chi connectivity index (χ4v) is 2.68. The van der Waals surface area contributed by atoms with Crippen LogP contribution >= 0.6 is 0 Å². The Balaban J connectivity index is 2.13. The minimum Gasteiger partial charge on any atom is -0.207 e. The van der Waals surface area contributed by atoms with Gasteiger partial charge in [-0.25, -0.2) is 4.68 Å². The van der Waals surface area contributed by atoms with Crippen molar-refractivity contribution >= 4 is 5.71 Å². The second kappa shape index (κ2) is 5.51. The predicted octanol–water partition coefficient (Wildman–Crippen LogP) is 3.44. The maximum Gasteiger partial charge on any atom is 0.141 e. The largest absolute Gasteiger partial charge is 0.207 e. The highest BCUT2D eigenvalue weighted by molar-refractivity contribution is 5.92. The molecule has 0 aromatic carbocycles. The first kappa shape index (κ1) is 13.7. The van der Waals surface area contributed by atoms with Crippen LogP contribution in [0.15, 0.2) is 41.6 Å². The summed E-state index contributed by atoms with van der Waals surface area (Å²) in [6, 6.07) is 0. The summed E-state index contributed by atoms with van der Waals surface area (Å²) in [5.41, 5.74) is 2.74. The van der Waals surface area contributed by atoms with Gasteiger partial charge >= 0.3 is 0 Å². The Bertz CT molecular complexity index is 506. The second-order valence-corrected chi connectivity index (χ2v) is 5.90. The van der Waals surface area contributed by atoms with Gasteiger partial charge in [-0.05, 0) is 38.2 Å². The van der Waals surface area contributed by atoms with Crippen LogP contribution in [-0.4, -0.2) is 20.6 Å². The van der Waals surface area contributed by atoms with Gasteiger partial charge in [-0.2, -0.15) is 5.10 Å². The van der Waals surface area contributed by atoms with E-state index < -0.39 is 0 Å². The second-order valence-electron chi connectivity index (χ2n) is 5.90. The molecule has 0 saturated heterocycles. The van der Waals surface area contributed by atoms with Crippen molar-refractivity contribution in [2.24, 2.45) is 16.4 Å². The third-order valence-corrected chi connectivity index (χ3v) is 3.80. The first-order valence-corrected chi connectivity index (χ1v) is 6.74. The highest BCUT2D eigenvalue weighted by Gasteiger charge is 2.30. The van der Waals surface area contributed by atoms with Crippen molar-refractivity contribution in [3.63, 3.8) is 0 Å². The van der Waals surface area contributed by atoms with Crippen LogP contribution in [0.3, 0.4) is 0 Å². The SMILES string of the molecule is CC1=CCCC(C)(C)C1/C=C/C(C)=N/n1cnnc1. The fraction of sp³-hybridized carbons (Fsp3) is 0.533. The molecule has 0 amide bonds. The average Bonchev–Trinajstić information content (AvgIpc) is 2.80. The Labute approximate surface area is 114 Å². The summed E-state index contributed by atoms with van der Waals surface area (Å²) in [5.74, 6) is 0.493. The molecule has 0 N–H and O–H groups in total. The third kappa shape index (κ3) is 3.40. The van der Waals surface area contributed by atoms with Gasteiger partial charge in [-0.3, -0.25) is 0 Å². The van der Waals surface area contributed by atoms with Crippen molar-refractivity contribution in [2.45, 2.75) is 40.5 Å². The molecule has 1 heterocycles. The van der Waals surface area contributed by atoms with Crippen molar-refractivity contribution < 1.29 is 0 Å². The molecule has 102 valence electrons. The molecule has 0 aliphatic heterocycles. The van der Waals surface area contributed by atoms with Crippen LogP contribution in [0, 0.1) is 11.3 Å². The Morgan fingerprint density at radius 1 is 1.42 bits per heavy atom. The number of hydrogen-bond acceptors (Lipinski definition) is 3. The van der Waals surface area contributed by atoms with E-state index in [1.54, 1.807) is 17.3 Å². The van der Waals surface area contributed by atoms with Crippen LogP contribution in [0.4, 0.5) is 0 Å². The van der Waals surface area contributed by atoms with Crippen molar-refractivity contribution in [1.29, 1.82) is 0 Å². The molecular weight excluding hydrogens is 236 g/mol. The van der Waals surface area contributed by atoms with Crippen molar-refractivity contribution in [2.75, 3.05) is 0 Å². The molecule has 1 atom stereocenters. The molecule has 1 unspecified atom stereocenters. The predicted molar refractivity (Wildman–Crippen MR) is 77.9 cm³/mol. The molecule has 0 fully saturated rings. The average molecular weight is 258 g/mol. The van der Waals surface area contributed by atoms with Crippen molar-refractivity contribution in [3.8, 4) is 0 Å². The summed E-state index contributed by atoms with van der Waals surface area (Å²) >= 11 is 0. The minimum absolute atomic E-state index is 0.326.